The fourth-order valence-corrected chi connectivity index (χ4v) is 1.66. The molecule has 2 aromatic heterocycles. The minimum Gasteiger partial charge on any atom is -0.395 e. The molecule has 7 heteroatoms. The molecule has 2 rings (SSSR count). The van der Waals surface area contributed by atoms with Gasteiger partial charge in [0.05, 0.1) is 11.4 Å². The summed E-state index contributed by atoms with van der Waals surface area (Å²) in [7, 11) is 0. The van der Waals surface area contributed by atoms with Crippen molar-refractivity contribution < 1.29 is 4.79 Å². The molecule has 0 saturated carbocycles. The van der Waals surface area contributed by atoms with E-state index in [9.17, 15) is 4.79 Å². The van der Waals surface area contributed by atoms with E-state index in [2.05, 4.69) is 25.7 Å². The van der Waals surface area contributed by atoms with Gasteiger partial charge in [-0.1, -0.05) is 13.3 Å². The normalized spacial score (nSPS) is 10.6. The number of rotatable bonds is 4. The number of nitrogen functional groups attached to an aromatic ring is 1. The molecular formula is C11H16N6O. The zero-order valence-electron chi connectivity index (χ0n) is 10.4. The Bertz CT molecular complexity index is 556. The number of carbonyl (C=O) groups is 1. The molecule has 96 valence electrons. The lowest BCUT2D eigenvalue weighted by Crippen LogP contribution is -2.14. The molecule has 0 radical (unpaired) electrons. The monoisotopic (exact) mass is 248 g/mol. The smallest absolute Gasteiger partial charge is 0.279 e. The number of nitrogens with one attached hydrogen (secondary N) is 3. The summed E-state index contributed by atoms with van der Waals surface area (Å²) in [6, 6.07) is 1.73. The molecule has 0 saturated heterocycles. The van der Waals surface area contributed by atoms with E-state index in [0.717, 1.165) is 24.2 Å². The van der Waals surface area contributed by atoms with Crippen molar-refractivity contribution in [3.05, 3.63) is 23.1 Å². The minimum absolute atomic E-state index is 0.208. The quantitative estimate of drug-likeness (QED) is 0.651. The van der Waals surface area contributed by atoms with Crippen LogP contribution in [0.3, 0.4) is 0 Å². The summed E-state index contributed by atoms with van der Waals surface area (Å²) in [6.07, 6.45) is 1.71. The maximum atomic E-state index is 11.9. The molecule has 1 amide bonds. The van der Waals surface area contributed by atoms with Crippen LogP contribution in [0.1, 0.15) is 35.2 Å². The molecule has 7 nitrogen and oxygen atoms in total. The molecule has 0 aliphatic rings. The van der Waals surface area contributed by atoms with Gasteiger partial charge in [0.15, 0.2) is 11.5 Å². The topological polar surface area (TPSA) is 112 Å². The van der Waals surface area contributed by atoms with Crippen molar-refractivity contribution >= 4 is 17.4 Å². The van der Waals surface area contributed by atoms with Gasteiger partial charge < -0.3 is 11.1 Å². The highest BCUT2D eigenvalue weighted by molar-refractivity contribution is 6.06. The first-order chi connectivity index (χ1) is 8.61. The number of aromatic amines is 2. The van der Waals surface area contributed by atoms with Crippen LogP contribution in [0.5, 0.6) is 0 Å². The summed E-state index contributed by atoms with van der Waals surface area (Å²) >= 11 is 0. The van der Waals surface area contributed by atoms with Crippen molar-refractivity contribution in [1.82, 2.24) is 20.4 Å². The second-order valence-corrected chi connectivity index (χ2v) is 4.10. The molecule has 0 aliphatic heterocycles. The standard InChI is InChI=1S/C11H16N6O/c1-3-4-7-9(12)10(17-15-7)11(18)13-8-5-6(2)14-16-8/h5H,3-4,12H2,1-2H3,(H,15,17)(H2,13,14,16,18). The van der Waals surface area contributed by atoms with Crippen LogP contribution < -0.4 is 11.1 Å². The number of aryl methyl sites for hydroxylation is 2. The van der Waals surface area contributed by atoms with Crippen LogP contribution in [0.2, 0.25) is 0 Å². The van der Waals surface area contributed by atoms with Crippen molar-refractivity contribution in [1.29, 1.82) is 0 Å². The van der Waals surface area contributed by atoms with E-state index in [-0.39, 0.29) is 11.6 Å². The summed E-state index contributed by atoms with van der Waals surface area (Å²) in [6.45, 7) is 3.89. The number of nitrogens with two attached hydrogens (primary N) is 1. The third-order valence-corrected chi connectivity index (χ3v) is 2.55. The zero-order chi connectivity index (χ0) is 13.1. The molecule has 0 fully saturated rings. The Morgan fingerprint density at radius 2 is 2.22 bits per heavy atom. The lowest BCUT2D eigenvalue weighted by molar-refractivity contribution is 0.102. The fourth-order valence-electron chi connectivity index (χ4n) is 1.66. The van der Waals surface area contributed by atoms with Gasteiger partial charge in [0, 0.05) is 11.8 Å². The Morgan fingerprint density at radius 1 is 1.44 bits per heavy atom. The van der Waals surface area contributed by atoms with Crippen LogP contribution in [0.15, 0.2) is 6.07 Å². The molecule has 0 aliphatic carbocycles. The summed E-state index contributed by atoms with van der Waals surface area (Å²) in [4.78, 5) is 11.9. The number of H-pyrrole nitrogens is 2. The molecule has 0 aromatic carbocycles. The van der Waals surface area contributed by atoms with Gasteiger partial charge in [-0.05, 0) is 13.3 Å². The lowest BCUT2D eigenvalue weighted by Gasteiger charge is -1.99. The van der Waals surface area contributed by atoms with Crippen LogP contribution in [0.4, 0.5) is 11.5 Å². The van der Waals surface area contributed by atoms with Crippen LogP contribution in [0.25, 0.3) is 0 Å². The average Bonchev–Trinajstić information content (AvgIpc) is 2.87. The third-order valence-electron chi connectivity index (χ3n) is 2.55. The largest absolute Gasteiger partial charge is 0.395 e. The van der Waals surface area contributed by atoms with E-state index in [1.165, 1.54) is 0 Å². The number of amides is 1. The Balaban J connectivity index is 2.14. The van der Waals surface area contributed by atoms with Gasteiger partial charge in [-0.2, -0.15) is 10.2 Å². The van der Waals surface area contributed by atoms with Crippen LogP contribution in [-0.4, -0.2) is 26.3 Å². The number of anilines is 2. The van der Waals surface area contributed by atoms with Crippen LogP contribution >= 0.6 is 0 Å². The van der Waals surface area contributed by atoms with Gasteiger partial charge in [0.2, 0.25) is 0 Å². The predicted molar refractivity (Wildman–Crippen MR) is 68.3 cm³/mol. The zero-order valence-corrected chi connectivity index (χ0v) is 10.4. The van der Waals surface area contributed by atoms with E-state index < -0.39 is 0 Å². The van der Waals surface area contributed by atoms with E-state index in [0.29, 0.717) is 11.5 Å². The summed E-state index contributed by atoms with van der Waals surface area (Å²) < 4.78 is 0. The predicted octanol–water partition coefficient (Wildman–Crippen LogP) is 1.23. The Kier molecular flexibility index (Phi) is 3.31. The van der Waals surface area contributed by atoms with Crippen molar-refractivity contribution in [3.63, 3.8) is 0 Å². The van der Waals surface area contributed by atoms with E-state index >= 15 is 0 Å². The summed E-state index contributed by atoms with van der Waals surface area (Å²) in [5.41, 5.74) is 8.14. The number of carbonyl (C=O) groups excluding carboxylic acids is 1. The minimum atomic E-state index is -0.363. The van der Waals surface area contributed by atoms with Gasteiger partial charge >= 0.3 is 0 Å². The average molecular weight is 248 g/mol. The Hall–Kier alpha value is -2.31. The van der Waals surface area contributed by atoms with E-state index in [1.54, 1.807) is 6.07 Å². The second kappa shape index (κ2) is 4.91. The van der Waals surface area contributed by atoms with Gasteiger partial charge in [-0.3, -0.25) is 15.0 Å². The molecule has 0 bridgehead atoms. The van der Waals surface area contributed by atoms with E-state index in [1.807, 2.05) is 13.8 Å². The van der Waals surface area contributed by atoms with Gasteiger partial charge in [-0.15, -0.1) is 0 Å². The number of aromatic nitrogens is 4. The van der Waals surface area contributed by atoms with Crippen molar-refractivity contribution in [3.8, 4) is 0 Å². The van der Waals surface area contributed by atoms with Crippen LogP contribution in [0, 0.1) is 6.92 Å². The maximum absolute atomic E-state index is 11.9. The van der Waals surface area contributed by atoms with Crippen LogP contribution in [-0.2, 0) is 6.42 Å². The maximum Gasteiger partial charge on any atom is 0.279 e. The van der Waals surface area contributed by atoms with Crippen molar-refractivity contribution in [2.24, 2.45) is 0 Å². The molecule has 2 aromatic rings. The van der Waals surface area contributed by atoms with Crippen molar-refractivity contribution in [2.75, 3.05) is 11.1 Å². The first kappa shape index (κ1) is 12.2. The highest BCUT2D eigenvalue weighted by Gasteiger charge is 2.17. The second-order valence-electron chi connectivity index (χ2n) is 4.10. The number of hydrogen-bond donors (Lipinski definition) is 4. The van der Waals surface area contributed by atoms with Crippen molar-refractivity contribution in [2.45, 2.75) is 26.7 Å². The Labute approximate surface area is 104 Å². The fraction of sp³-hybridized carbons (Fsp3) is 0.364. The van der Waals surface area contributed by atoms with Gasteiger partial charge in [0.1, 0.15) is 0 Å². The summed E-state index contributed by atoms with van der Waals surface area (Å²) in [5, 5.41) is 16.0. The SMILES string of the molecule is CCCc1[nH]nc(C(=O)Nc2cc(C)[nH]n2)c1N. The Morgan fingerprint density at radius 3 is 2.83 bits per heavy atom. The first-order valence-electron chi connectivity index (χ1n) is 5.78. The highest BCUT2D eigenvalue weighted by atomic mass is 16.2. The first-order valence-corrected chi connectivity index (χ1v) is 5.78. The summed E-state index contributed by atoms with van der Waals surface area (Å²) in [5.74, 6) is 0.0922. The molecule has 0 unspecified atom stereocenters. The molecule has 0 spiro atoms. The molecular weight excluding hydrogens is 232 g/mol. The lowest BCUT2D eigenvalue weighted by atomic mass is 10.2. The molecule has 0 atom stereocenters. The van der Waals surface area contributed by atoms with Gasteiger partial charge in [-0.25, -0.2) is 0 Å². The third kappa shape index (κ3) is 2.34. The number of nitrogens with zero attached hydrogens (tertiary/aromatic N) is 2. The van der Waals surface area contributed by atoms with Gasteiger partial charge in [0.25, 0.3) is 5.91 Å². The van der Waals surface area contributed by atoms with E-state index in [4.69, 9.17) is 5.73 Å². The molecule has 2 heterocycles. The number of hydrogen-bond acceptors (Lipinski definition) is 4. The molecule has 5 N–H and O–H groups in total. The highest BCUT2D eigenvalue weighted by Crippen LogP contribution is 2.17. The molecule has 18 heavy (non-hydrogen) atoms.